The molecule has 1 heterocycles. The number of para-hydroxylation sites is 1. The molecule has 0 unspecified atom stereocenters. The van der Waals surface area contributed by atoms with Gasteiger partial charge in [-0.05, 0) is 18.6 Å². The molecule has 1 aromatic carbocycles. The molecule has 1 atom stereocenters. The van der Waals surface area contributed by atoms with Crippen LogP contribution in [0.2, 0.25) is 0 Å². The Bertz CT molecular complexity index is 821. The van der Waals surface area contributed by atoms with Crippen molar-refractivity contribution in [2.24, 2.45) is 0 Å². The quantitative estimate of drug-likeness (QED) is 0.491. The molecule has 1 aromatic rings. The Kier molecular flexibility index (Phi) is 6.81. The van der Waals surface area contributed by atoms with Gasteiger partial charge < -0.3 is 19.7 Å². The standard InChI is InChI=1S/C17H17NO7S2/c1-24-11-5-3-4-9(14(11)25-2)8-12-15(21)18(17(26)27-12)10(16(22)23)6-7-13(19)20/h3-5,8,10H,6-7H2,1-2H3,(H,19,20)(H,22,23)/b12-8+/t10-/m0/s1. The van der Waals surface area contributed by atoms with E-state index < -0.39 is 30.3 Å². The number of rotatable bonds is 8. The maximum atomic E-state index is 12.7. The Morgan fingerprint density at radius 2 is 2.00 bits per heavy atom. The number of benzene rings is 1. The topological polar surface area (TPSA) is 113 Å². The van der Waals surface area contributed by atoms with Gasteiger partial charge in [-0.15, -0.1) is 0 Å². The van der Waals surface area contributed by atoms with Crippen molar-refractivity contribution in [1.82, 2.24) is 4.90 Å². The zero-order chi connectivity index (χ0) is 20.1. The van der Waals surface area contributed by atoms with Gasteiger partial charge in [-0.3, -0.25) is 14.5 Å². The van der Waals surface area contributed by atoms with Crippen molar-refractivity contribution >= 4 is 52.2 Å². The van der Waals surface area contributed by atoms with Crippen LogP contribution in [0.4, 0.5) is 0 Å². The lowest BCUT2D eigenvalue weighted by molar-refractivity contribution is -0.146. The smallest absolute Gasteiger partial charge is 0.326 e. The average molecular weight is 411 g/mol. The minimum Gasteiger partial charge on any atom is -0.493 e. The highest BCUT2D eigenvalue weighted by molar-refractivity contribution is 8.26. The largest absolute Gasteiger partial charge is 0.493 e. The molecular weight excluding hydrogens is 394 g/mol. The monoisotopic (exact) mass is 411 g/mol. The fourth-order valence-electron chi connectivity index (χ4n) is 2.54. The molecule has 0 aromatic heterocycles. The zero-order valence-corrected chi connectivity index (χ0v) is 16.1. The summed E-state index contributed by atoms with van der Waals surface area (Å²) in [5.41, 5.74) is 0.565. The van der Waals surface area contributed by atoms with Crippen molar-refractivity contribution in [3.8, 4) is 11.5 Å². The average Bonchev–Trinajstić information content (AvgIpc) is 2.88. The molecule has 0 aliphatic carbocycles. The van der Waals surface area contributed by atoms with Crippen LogP contribution < -0.4 is 9.47 Å². The molecule has 0 bridgehead atoms. The van der Waals surface area contributed by atoms with Gasteiger partial charge in [0.2, 0.25) is 0 Å². The lowest BCUT2D eigenvalue weighted by atomic mass is 10.1. The lowest BCUT2D eigenvalue weighted by Crippen LogP contribution is -2.44. The number of thioether (sulfide) groups is 1. The third-order valence-corrected chi connectivity index (χ3v) is 5.10. The Hall–Kier alpha value is -2.59. The van der Waals surface area contributed by atoms with E-state index >= 15 is 0 Å². The highest BCUT2D eigenvalue weighted by Crippen LogP contribution is 2.38. The van der Waals surface area contributed by atoms with E-state index in [1.54, 1.807) is 18.2 Å². The van der Waals surface area contributed by atoms with E-state index in [-0.39, 0.29) is 15.6 Å². The number of hydrogen-bond donors (Lipinski definition) is 2. The van der Waals surface area contributed by atoms with Gasteiger partial charge in [0.25, 0.3) is 5.91 Å². The molecule has 1 aliphatic rings. The highest BCUT2D eigenvalue weighted by Gasteiger charge is 2.40. The first-order valence-corrected chi connectivity index (χ1v) is 8.95. The fraction of sp³-hybridized carbons (Fsp3) is 0.294. The maximum absolute atomic E-state index is 12.7. The number of thiocarbonyl (C=S) groups is 1. The molecule has 27 heavy (non-hydrogen) atoms. The molecule has 10 heteroatoms. The predicted octanol–water partition coefficient (Wildman–Crippen LogP) is 2.22. The molecule has 1 aliphatic heterocycles. The summed E-state index contributed by atoms with van der Waals surface area (Å²) in [7, 11) is 2.95. The van der Waals surface area contributed by atoms with Crippen molar-refractivity contribution in [3.63, 3.8) is 0 Å². The zero-order valence-electron chi connectivity index (χ0n) is 14.5. The van der Waals surface area contributed by atoms with Gasteiger partial charge in [0.1, 0.15) is 10.4 Å². The second kappa shape index (κ2) is 8.87. The summed E-state index contributed by atoms with van der Waals surface area (Å²) in [6, 6.07) is 3.80. The first-order chi connectivity index (χ1) is 12.8. The molecule has 0 spiro atoms. The normalized spacial score (nSPS) is 16.5. The fourth-order valence-corrected chi connectivity index (χ4v) is 3.89. The number of carboxylic acid groups (broad SMARTS) is 2. The molecule has 0 saturated carbocycles. The number of hydrogen-bond acceptors (Lipinski definition) is 7. The third kappa shape index (κ3) is 4.58. The Balaban J connectivity index is 2.36. The van der Waals surface area contributed by atoms with Gasteiger partial charge in [-0.25, -0.2) is 4.79 Å². The van der Waals surface area contributed by atoms with Crippen molar-refractivity contribution in [3.05, 3.63) is 28.7 Å². The summed E-state index contributed by atoms with van der Waals surface area (Å²) >= 11 is 6.11. The number of aliphatic carboxylic acids is 2. The van der Waals surface area contributed by atoms with Gasteiger partial charge in [0.05, 0.1) is 19.1 Å². The van der Waals surface area contributed by atoms with Crippen LogP contribution in [0.3, 0.4) is 0 Å². The van der Waals surface area contributed by atoms with Gasteiger partial charge in [0.15, 0.2) is 11.5 Å². The lowest BCUT2D eigenvalue weighted by Gasteiger charge is -2.22. The number of carbonyl (C=O) groups excluding carboxylic acids is 1. The minimum atomic E-state index is -1.34. The Morgan fingerprint density at radius 3 is 2.56 bits per heavy atom. The van der Waals surface area contributed by atoms with E-state index in [9.17, 15) is 19.5 Å². The molecule has 8 nitrogen and oxygen atoms in total. The molecule has 2 rings (SSSR count). The Labute approximate surface area is 164 Å². The minimum absolute atomic E-state index is 0.0610. The van der Waals surface area contributed by atoms with Crippen molar-refractivity contribution < 1.29 is 34.1 Å². The van der Waals surface area contributed by atoms with Crippen LogP contribution in [0.25, 0.3) is 6.08 Å². The van der Waals surface area contributed by atoms with Gasteiger partial charge >= 0.3 is 11.9 Å². The van der Waals surface area contributed by atoms with Crippen LogP contribution in [-0.2, 0) is 14.4 Å². The van der Waals surface area contributed by atoms with Crippen LogP contribution in [0, 0.1) is 0 Å². The summed E-state index contributed by atoms with van der Waals surface area (Å²) in [4.78, 5) is 36.2. The maximum Gasteiger partial charge on any atom is 0.326 e. The first-order valence-electron chi connectivity index (χ1n) is 7.72. The second-order valence-electron chi connectivity index (χ2n) is 5.42. The number of nitrogens with zero attached hydrogens (tertiary/aromatic N) is 1. The molecule has 1 saturated heterocycles. The Morgan fingerprint density at radius 1 is 1.30 bits per heavy atom. The SMILES string of the molecule is COc1cccc(/C=C2/SC(=S)N([C@@H](CCC(=O)O)C(=O)O)C2=O)c1OC. The van der Waals surface area contributed by atoms with E-state index in [4.69, 9.17) is 26.8 Å². The van der Waals surface area contributed by atoms with Crippen molar-refractivity contribution in [2.45, 2.75) is 18.9 Å². The number of carboxylic acids is 2. The van der Waals surface area contributed by atoms with E-state index in [1.807, 2.05) is 0 Å². The van der Waals surface area contributed by atoms with E-state index in [2.05, 4.69) is 0 Å². The highest BCUT2D eigenvalue weighted by atomic mass is 32.2. The summed E-state index contributed by atoms with van der Waals surface area (Å²) in [6.07, 6.45) is 0.903. The van der Waals surface area contributed by atoms with Gasteiger partial charge in [-0.1, -0.05) is 36.1 Å². The molecule has 1 amide bonds. The number of amides is 1. The van der Waals surface area contributed by atoms with Crippen LogP contribution in [0.5, 0.6) is 11.5 Å². The van der Waals surface area contributed by atoms with Gasteiger partial charge in [0, 0.05) is 12.0 Å². The summed E-state index contributed by atoms with van der Waals surface area (Å²) in [5.74, 6) is -2.15. The molecule has 144 valence electrons. The summed E-state index contributed by atoms with van der Waals surface area (Å²) in [6.45, 7) is 0. The van der Waals surface area contributed by atoms with Crippen LogP contribution in [0.1, 0.15) is 18.4 Å². The van der Waals surface area contributed by atoms with Crippen molar-refractivity contribution in [2.75, 3.05) is 14.2 Å². The van der Waals surface area contributed by atoms with E-state index in [0.717, 1.165) is 16.7 Å². The molecule has 2 N–H and O–H groups in total. The van der Waals surface area contributed by atoms with Crippen LogP contribution in [-0.4, -0.2) is 57.5 Å². The van der Waals surface area contributed by atoms with Crippen LogP contribution in [0.15, 0.2) is 23.1 Å². The van der Waals surface area contributed by atoms with Crippen molar-refractivity contribution in [1.29, 1.82) is 0 Å². The molecule has 1 fully saturated rings. The first kappa shape index (κ1) is 20.7. The second-order valence-corrected chi connectivity index (χ2v) is 7.10. The summed E-state index contributed by atoms with van der Waals surface area (Å²) < 4.78 is 10.6. The predicted molar refractivity (Wildman–Crippen MR) is 103 cm³/mol. The number of methoxy groups -OCH3 is 2. The molecular formula is C17H17NO7S2. The number of carbonyl (C=O) groups is 3. The summed E-state index contributed by atoms with van der Waals surface area (Å²) in [5, 5.41) is 18.2. The van der Waals surface area contributed by atoms with Gasteiger partial charge in [-0.2, -0.15) is 0 Å². The van der Waals surface area contributed by atoms with E-state index in [1.165, 1.54) is 20.3 Å². The van der Waals surface area contributed by atoms with E-state index in [0.29, 0.717) is 17.1 Å². The van der Waals surface area contributed by atoms with Crippen LogP contribution >= 0.6 is 24.0 Å². The number of ether oxygens (including phenoxy) is 2. The molecule has 0 radical (unpaired) electrons. The third-order valence-electron chi connectivity index (χ3n) is 3.77.